The summed E-state index contributed by atoms with van der Waals surface area (Å²) >= 11 is 6.40. The van der Waals surface area contributed by atoms with Crippen molar-refractivity contribution in [1.29, 1.82) is 0 Å². The smallest absolute Gasteiger partial charge is 0.414 e. The summed E-state index contributed by atoms with van der Waals surface area (Å²) in [6.45, 7) is 2.77. The van der Waals surface area contributed by atoms with Crippen LogP contribution >= 0.6 is 11.6 Å². The van der Waals surface area contributed by atoms with E-state index in [4.69, 9.17) is 16.3 Å². The Labute approximate surface area is 177 Å². The first-order chi connectivity index (χ1) is 14.4. The third kappa shape index (κ3) is 3.86. The summed E-state index contributed by atoms with van der Waals surface area (Å²) in [5.41, 5.74) is 2.78. The maximum absolute atomic E-state index is 13.2. The zero-order chi connectivity index (χ0) is 21.3. The highest BCUT2D eigenvalue weighted by Gasteiger charge is 2.24. The van der Waals surface area contributed by atoms with Crippen LogP contribution < -0.4 is 10.2 Å². The molecule has 1 saturated heterocycles. The lowest BCUT2D eigenvalue weighted by molar-refractivity contribution is 0.0950. The minimum atomic E-state index is -0.383. The van der Waals surface area contributed by atoms with Crippen molar-refractivity contribution in [3.8, 4) is 5.69 Å². The van der Waals surface area contributed by atoms with Crippen molar-refractivity contribution < 1.29 is 18.7 Å². The molecule has 2 heterocycles. The zero-order valence-electron chi connectivity index (χ0n) is 16.1. The zero-order valence-corrected chi connectivity index (χ0v) is 16.8. The molecule has 1 aliphatic heterocycles. The van der Waals surface area contributed by atoms with Gasteiger partial charge >= 0.3 is 6.09 Å². The molecule has 0 saturated carbocycles. The van der Waals surface area contributed by atoms with Crippen LogP contribution in [0.1, 0.15) is 21.6 Å². The fourth-order valence-electron chi connectivity index (χ4n) is 3.24. The van der Waals surface area contributed by atoms with Crippen LogP contribution in [0.15, 0.2) is 48.5 Å². The molecule has 4 rings (SSSR count). The van der Waals surface area contributed by atoms with Crippen molar-refractivity contribution in [2.75, 3.05) is 18.1 Å². The Balaban J connectivity index is 1.50. The van der Waals surface area contributed by atoms with E-state index in [-0.39, 0.29) is 35.1 Å². The first kappa shape index (κ1) is 19.9. The summed E-state index contributed by atoms with van der Waals surface area (Å²) in [5.74, 6) is -0.752. The maximum atomic E-state index is 13.2. The van der Waals surface area contributed by atoms with Crippen LogP contribution in [0.4, 0.5) is 14.9 Å². The van der Waals surface area contributed by atoms with E-state index in [0.717, 1.165) is 5.56 Å². The van der Waals surface area contributed by atoms with Crippen LogP contribution in [-0.4, -0.2) is 34.9 Å². The molecule has 2 amide bonds. The van der Waals surface area contributed by atoms with Gasteiger partial charge in [-0.15, -0.1) is 0 Å². The number of cyclic esters (lactones) is 1. The van der Waals surface area contributed by atoms with Gasteiger partial charge in [0.1, 0.15) is 17.6 Å². The largest absolute Gasteiger partial charge is 0.447 e. The summed E-state index contributed by atoms with van der Waals surface area (Å²) in [5, 5.41) is 7.28. The SMILES string of the molecule is Cc1nn(-c2ccc(F)cc2)c(Cl)c1C(=O)NCc1cccc(N2CCOC2=O)c1. The Bertz CT molecular complexity index is 1110. The van der Waals surface area contributed by atoms with Gasteiger partial charge in [-0.1, -0.05) is 23.7 Å². The molecule has 0 spiro atoms. The van der Waals surface area contributed by atoms with Crippen LogP contribution in [0.25, 0.3) is 5.69 Å². The number of hydrogen-bond acceptors (Lipinski definition) is 4. The number of carbonyl (C=O) groups is 2. The number of hydrogen-bond donors (Lipinski definition) is 1. The molecule has 7 nitrogen and oxygen atoms in total. The highest BCUT2D eigenvalue weighted by atomic mass is 35.5. The number of rotatable bonds is 5. The molecule has 30 heavy (non-hydrogen) atoms. The lowest BCUT2D eigenvalue weighted by Crippen LogP contribution is -2.25. The van der Waals surface area contributed by atoms with Gasteiger partial charge in [0, 0.05) is 12.2 Å². The second-order valence-electron chi connectivity index (χ2n) is 6.76. The Morgan fingerprint density at radius 1 is 1.23 bits per heavy atom. The first-order valence-electron chi connectivity index (χ1n) is 9.26. The Morgan fingerprint density at radius 2 is 2.00 bits per heavy atom. The molecule has 9 heteroatoms. The molecular formula is C21H18ClFN4O3. The number of anilines is 1. The molecule has 1 fully saturated rings. The second kappa shape index (κ2) is 8.16. The molecular weight excluding hydrogens is 411 g/mol. The molecule has 1 N–H and O–H groups in total. The third-order valence-electron chi connectivity index (χ3n) is 4.74. The van der Waals surface area contributed by atoms with Crippen LogP contribution in [0, 0.1) is 12.7 Å². The molecule has 0 unspecified atom stereocenters. The molecule has 1 aromatic heterocycles. The van der Waals surface area contributed by atoms with E-state index in [0.29, 0.717) is 30.2 Å². The number of nitrogens with zero attached hydrogens (tertiary/aromatic N) is 3. The van der Waals surface area contributed by atoms with Gasteiger partial charge in [-0.05, 0) is 48.9 Å². The predicted octanol–water partition coefficient (Wildman–Crippen LogP) is 3.86. The fourth-order valence-corrected chi connectivity index (χ4v) is 3.60. The highest BCUT2D eigenvalue weighted by Crippen LogP contribution is 2.24. The highest BCUT2D eigenvalue weighted by molar-refractivity contribution is 6.33. The van der Waals surface area contributed by atoms with Crippen LogP contribution in [-0.2, 0) is 11.3 Å². The topological polar surface area (TPSA) is 76.5 Å². The summed E-state index contributed by atoms with van der Waals surface area (Å²) in [6, 6.07) is 13.0. The Kier molecular flexibility index (Phi) is 5.41. The molecule has 2 aromatic carbocycles. The predicted molar refractivity (Wildman–Crippen MR) is 110 cm³/mol. The van der Waals surface area contributed by atoms with Gasteiger partial charge in [0.25, 0.3) is 5.91 Å². The second-order valence-corrected chi connectivity index (χ2v) is 7.12. The lowest BCUT2D eigenvalue weighted by atomic mass is 10.1. The molecule has 0 aliphatic carbocycles. The van der Waals surface area contributed by atoms with Gasteiger partial charge < -0.3 is 10.1 Å². The average molecular weight is 429 g/mol. The molecule has 154 valence electrons. The normalized spacial score (nSPS) is 13.4. The van der Waals surface area contributed by atoms with E-state index in [1.54, 1.807) is 11.8 Å². The van der Waals surface area contributed by atoms with Gasteiger partial charge in [0.05, 0.1) is 23.5 Å². The van der Waals surface area contributed by atoms with Crippen LogP contribution in [0.5, 0.6) is 0 Å². The standard InChI is InChI=1S/C21H18ClFN4O3/c1-13-18(19(22)27(25-13)16-7-5-15(23)6-8-16)20(28)24-12-14-3-2-4-17(11-14)26-9-10-30-21(26)29/h2-8,11H,9-10,12H2,1H3,(H,24,28). The maximum Gasteiger partial charge on any atom is 0.414 e. The number of halogens is 2. The van der Waals surface area contributed by atoms with Gasteiger partial charge in [0.2, 0.25) is 0 Å². The van der Waals surface area contributed by atoms with Crippen LogP contribution in [0.3, 0.4) is 0 Å². The Morgan fingerprint density at radius 3 is 2.70 bits per heavy atom. The van der Waals surface area contributed by atoms with E-state index in [1.807, 2.05) is 24.3 Å². The van der Waals surface area contributed by atoms with Crippen molar-refractivity contribution in [2.24, 2.45) is 0 Å². The number of nitrogens with one attached hydrogen (secondary N) is 1. The van der Waals surface area contributed by atoms with Gasteiger partial charge in [0.15, 0.2) is 0 Å². The monoisotopic (exact) mass is 428 g/mol. The average Bonchev–Trinajstić information content (AvgIpc) is 3.29. The van der Waals surface area contributed by atoms with E-state index < -0.39 is 0 Å². The number of carbonyl (C=O) groups excluding carboxylic acids is 2. The van der Waals surface area contributed by atoms with Gasteiger partial charge in [-0.3, -0.25) is 9.69 Å². The minimum absolute atomic E-state index is 0.144. The van der Waals surface area contributed by atoms with Crippen molar-refractivity contribution in [3.63, 3.8) is 0 Å². The third-order valence-corrected chi connectivity index (χ3v) is 5.09. The summed E-state index contributed by atoms with van der Waals surface area (Å²) in [7, 11) is 0. The lowest BCUT2D eigenvalue weighted by Gasteiger charge is -2.14. The number of aryl methyl sites for hydroxylation is 1. The molecule has 0 atom stereocenters. The quantitative estimate of drug-likeness (QED) is 0.669. The van der Waals surface area contributed by atoms with Crippen molar-refractivity contribution in [1.82, 2.24) is 15.1 Å². The molecule has 3 aromatic rings. The van der Waals surface area contributed by atoms with Crippen molar-refractivity contribution >= 4 is 29.3 Å². The molecule has 0 bridgehead atoms. The summed E-state index contributed by atoms with van der Waals surface area (Å²) in [6.07, 6.45) is -0.383. The minimum Gasteiger partial charge on any atom is -0.447 e. The fraction of sp³-hybridized carbons (Fsp3) is 0.190. The van der Waals surface area contributed by atoms with E-state index in [2.05, 4.69) is 10.4 Å². The number of amides is 2. The number of aromatic nitrogens is 2. The number of ether oxygens (including phenoxy) is 1. The summed E-state index contributed by atoms with van der Waals surface area (Å²) < 4.78 is 19.5. The molecule has 1 aliphatic rings. The van der Waals surface area contributed by atoms with Crippen molar-refractivity contribution in [2.45, 2.75) is 13.5 Å². The summed E-state index contributed by atoms with van der Waals surface area (Å²) in [4.78, 5) is 26.0. The first-order valence-corrected chi connectivity index (χ1v) is 9.64. The van der Waals surface area contributed by atoms with Gasteiger partial charge in [-0.25, -0.2) is 13.9 Å². The Hall–Kier alpha value is -3.39. The van der Waals surface area contributed by atoms with Crippen molar-refractivity contribution in [3.05, 3.63) is 76.3 Å². The van der Waals surface area contributed by atoms with E-state index in [1.165, 1.54) is 28.9 Å². The van der Waals surface area contributed by atoms with Gasteiger partial charge in [-0.2, -0.15) is 5.10 Å². The van der Waals surface area contributed by atoms with E-state index >= 15 is 0 Å². The van der Waals surface area contributed by atoms with E-state index in [9.17, 15) is 14.0 Å². The number of benzene rings is 2. The molecule has 0 radical (unpaired) electrons. The van der Waals surface area contributed by atoms with Crippen LogP contribution in [0.2, 0.25) is 5.15 Å².